The van der Waals surface area contributed by atoms with E-state index in [9.17, 15) is 4.79 Å². The molecule has 0 bridgehead atoms. The highest BCUT2D eigenvalue weighted by molar-refractivity contribution is 5.84. The first kappa shape index (κ1) is 12.5. The largest absolute Gasteiger partial charge is 0.476 e. The molecule has 2 aromatic heterocycles. The Morgan fingerprint density at radius 1 is 1.53 bits per heavy atom. The van der Waals surface area contributed by atoms with Crippen LogP contribution in [0.5, 0.6) is 0 Å². The number of aromatic nitrogens is 4. The fourth-order valence-corrected chi connectivity index (χ4v) is 1.40. The standard InChI is InChI=1S/C11H10N6O2/c12-5-8-1-2-13-11(16-8)14-3-4-17-6-9(10(18)19)15-7-17/h1-2,6-7H,3-4H2,(H,18,19)(H,13,14,16). The molecule has 0 atom stereocenters. The third-order valence-corrected chi connectivity index (χ3v) is 2.28. The summed E-state index contributed by atoms with van der Waals surface area (Å²) in [6.45, 7) is 1.00. The number of hydrogen-bond donors (Lipinski definition) is 2. The van der Waals surface area contributed by atoms with E-state index in [4.69, 9.17) is 10.4 Å². The van der Waals surface area contributed by atoms with Crippen molar-refractivity contribution in [1.82, 2.24) is 19.5 Å². The maximum Gasteiger partial charge on any atom is 0.356 e. The number of imidazole rings is 1. The van der Waals surface area contributed by atoms with E-state index in [0.717, 1.165) is 0 Å². The van der Waals surface area contributed by atoms with Gasteiger partial charge < -0.3 is 15.0 Å². The molecule has 8 heteroatoms. The molecule has 0 aliphatic heterocycles. The number of rotatable bonds is 5. The van der Waals surface area contributed by atoms with Crippen molar-refractivity contribution in [1.29, 1.82) is 5.26 Å². The van der Waals surface area contributed by atoms with Crippen molar-refractivity contribution >= 4 is 11.9 Å². The average Bonchev–Trinajstić information content (AvgIpc) is 2.88. The van der Waals surface area contributed by atoms with Crippen LogP contribution in [-0.4, -0.2) is 37.1 Å². The predicted octanol–water partition coefficient (Wildman–Crippen LogP) is 0.355. The first-order chi connectivity index (χ1) is 9.19. The predicted molar refractivity (Wildman–Crippen MR) is 64.4 cm³/mol. The summed E-state index contributed by atoms with van der Waals surface area (Å²) in [4.78, 5) is 22.3. The number of nitrogens with zero attached hydrogens (tertiary/aromatic N) is 5. The van der Waals surface area contributed by atoms with Crippen molar-refractivity contribution in [2.24, 2.45) is 0 Å². The van der Waals surface area contributed by atoms with Crippen LogP contribution < -0.4 is 5.32 Å². The molecule has 2 N–H and O–H groups in total. The van der Waals surface area contributed by atoms with E-state index in [1.54, 1.807) is 4.57 Å². The molecule has 0 amide bonds. The Hall–Kier alpha value is -2.95. The second-order valence-electron chi connectivity index (χ2n) is 3.61. The zero-order chi connectivity index (χ0) is 13.7. The Labute approximate surface area is 108 Å². The van der Waals surface area contributed by atoms with Crippen molar-refractivity contribution in [3.63, 3.8) is 0 Å². The quantitative estimate of drug-likeness (QED) is 0.794. The first-order valence-corrected chi connectivity index (χ1v) is 5.41. The van der Waals surface area contributed by atoms with Crippen molar-refractivity contribution in [2.45, 2.75) is 6.54 Å². The van der Waals surface area contributed by atoms with Gasteiger partial charge in [0.05, 0.1) is 6.33 Å². The zero-order valence-electron chi connectivity index (χ0n) is 9.82. The van der Waals surface area contributed by atoms with E-state index in [2.05, 4.69) is 20.3 Å². The summed E-state index contributed by atoms with van der Waals surface area (Å²) in [5.74, 6) is -0.700. The molecular weight excluding hydrogens is 248 g/mol. The van der Waals surface area contributed by atoms with Gasteiger partial charge in [0.15, 0.2) is 5.69 Å². The molecule has 8 nitrogen and oxygen atoms in total. The van der Waals surface area contributed by atoms with Crippen molar-refractivity contribution < 1.29 is 9.90 Å². The monoisotopic (exact) mass is 258 g/mol. The van der Waals surface area contributed by atoms with Gasteiger partial charge in [0, 0.05) is 25.5 Å². The summed E-state index contributed by atoms with van der Waals surface area (Å²) in [6, 6.07) is 3.43. The molecule has 0 aliphatic rings. The second-order valence-corrected chi connectivity index (χ2v) is 3.61. The molecule has 0 fully saturated rings. The van der Waals surface area contributed by atoms with Gasteiger partial charge in [-0.25, -0.2) is 19.7 Å². The highest BCUT2D eigenvalue weighted by Crippen LogP contribution is 2.00. The molecule has 2 heterocycles. The molecule has 2 aromatic rings. The minimum atomic E-state index is -1.06. The number of carboxylic acid groups (broad SMARTS) is 1. The summed E-state index contributed by atoms with van der Waals surface area (Å²) in [7, 11) is 0. The van der Waals surface area contributed by atoms with Gasteiger partial charge in [-0.1, -0.05) is 0 Å². The Balaban J connectivity index is 1.89. The number of carboxylic acids is 1. The lowest BCUT2D eigenvalue weighted by atomic mass is 10.4. The fourth-order valence-electron chi connectivity index (χ4n) is 1.40. The van der Waals surface area contributed by atoms with Crippen LogP contribution in [-0.2, 0) is 6.54 Å². The molecule has 2 rings (SSSR count). The summed E-state index contributed by atoms with van der Waals surface area (Å²) < 4.78 is 1.64. The van der Waals surface area contributed by atoms with Crippen LogP contribution in [0.3, 0.4) is 0 Å². The number of nitriles is 1. The van der Waals surface area contributed by atoms with Gasteiger partial charge >= 0.3 is 5.97 Å². The molecule has 0 spiro atoms. The molecule has 0 saturated heterocycles. The lowest BCUT2D eigenvalue weighted by Crippen LogP contribution is -2.11. The van der Waals surface area contributed by atoms with E-state index in [1.807, 2.05) is 6.07 Å². The first-order valence-electron chi connectivity index (χ1n) is 5.41. The van der Waals surface area contributed by atoms with Crippen molar-refractivity contribution in [2.75, 3.05) is 11.9 Å². The SMILES string of the molecule is N#Cc1ccnc(NCCn2cnc(C(=O)O)c2)n1. The molecule has 0 radical (unpaired) electrons. The zero-order valence-corrected chi connectivity index (χ0v) is 9.82. The maximum absolute atomic E-state index is 10.6. The van der Waals surface area contributed by atoms with Gasteiger partial charge in [-0.15, -0.1) is 0 Å². The third-order valence-electron chi connectivity index (χ3n) is 2.28. The highest BCUT2D eigenvalue weighted by Gasteiger charge is 2.06. The van der Waals surface area contributed by atoms with E-state index < -0.39 is 5.97 Å². The average molecular weight is 258 g/mol. The molecule has 0 aliphatic carbocycles. The van der Waals surface area contributed by atoms with Crippen LogP contribution in [0, 0.1) is 11.3 Å². The summed E-state index contributed by atoms with van der Waals surface area (Å²) >= 11 is 0. The summed E-state index contributed by atoms with van der Waals surface area (Å²) in [5.41, 5.74) is 0.288. The minimum absolute atomic E-state index is 0.00253. The number of carbonyl (C=O) groups is 1. The van der Waals surface area contributed by atoms with Crippen LogP contribution in [0.25, 0.3) is 0 Å². The van der Waals surface area contributed by atoms with Crippen LogP contribution >= 0.6 is 0 Å². The van der Waals surface area contributed by atoms with E-state index in [0.29, 0.717) is 19.0 Å². The lowest BCUT2D eigenvalue weighted by molar-refractivity contribution is 0.0691. The fraction of sp³-hybridized carbons (Fsp3) is 0.182. The van der Waals surface area contributed by atoms with Crippen molar-refractivity contribution in [3.05, 3.63) is 36.2 Å². The number of nitrogens with one attached hydrogen (secondary N) is 1. The Morgan fingerprint density at radius 3 is 3.05 bits per heavy atom. The van der Waals surface area contributed by atoms with Crippen molar-refractivity contribution in [3.8, 4) is 6.07 Å². The Morgan fingerprint density at radius 2 is 2.37 bits per heavy atom. The molecule has 0 aromatic carbocycles. The third kappa shape index (κ3) is 3.26. The number of aromatic carboxylic acids is 1. The van der Waals surface area contributed by atoms with E-state index in [1.165, 1.54) is 24.8 Å². The maximum atomic E-state index is 10.6. The summed E-state index contributed by atoms with van der Waals surface area (Å²) in [6.07, 6.45) is 4.38. The summed E-state index contributed by atoms with van der Waals surface area (Å²) in [5, 5.41) is 20.3. The molecule has 96 valence electrons. The van der Waals surface area contributed by atoms with Gasteiger partial charge in [0.1, 0.15) is 11.8 Å². The van der Waals surface area contributed by atoms with Gasteiger partial charge in [0.2, 0.25) is 5.95 Å². The normalized spacial score (nSPS) is 9.84. The lowest BCUT2D eigenvalue weighted by Gasteiger charge is -2.04. The van der Waals surface area contributed by atoms with Gasteiger partial charge in [0.25, 0.3) is 0 Å². The Kier molecular flexibility index (Phi) is 3.68. The molecular formula is C11H10N6O2. The smallest absolute Gasteiger partial charge is 0.356 e. The van der Waals surface area contributed by atoms with Gasteiger partial charge in [-0.3, -0.25) is 0 Å². The number of anilines is 1. The topological polar surface area (TPSA) is 117 Å². The Bertz CT molecular complexity index is 630. The van der Waals surface area contributed by atoms with Crippen LogP contribution in [0.4, 0.5) is 5.95 Å². The minimum Gasteiger partial charge on any atom is -0.476 e. The van der Waals surface area contributed by atoms with E-state index in [-0.39, 0.29) is 11.4 Å². The molecule has 0 saturated carbocycles. The van der Waals surface area contributed by atoms with Gasteiger partial charge in [-0.05, 0) is 6.07 Å². The van der Waals surface area contributed by atoms with Gasteiger partial charge in [-0.2, -0.15) is 5.26 Å². The van der Waals surface area contributed by atoms with E-state index >= 15 is 0 Å². The number of hydrogen-bond acceptors (Lipinski definition) is 6. The second kappa shape index (κ2) is 5.59. The van der Waals surface area contributed by atoms with Crippen LogP contribution in [0.1, 0.15) is 16.2 Å². The van der Waals surface area contributed by atoms with Crippen LogP contribution in [0.2, 0.25) is 0 Å². The van der Waals surface area contributed by atoms with Crippen LogP contribution in [0.15, 0.2) is 24.8 Å². The molecule has 0 unspecified atom stereocenters. The highest BCUT2D eigenvalue weighted by atomic mass is 16.4. The molecule has 19 heavy (non-hydrogen) atoms.